The molecule has 1 heterocycles. The molecule has 1 saturated heterocycles. The van der Waals surface area contributed by atoms with Crippen LogP contribution in [-0.4, -0.2) is 48.0 Å². The third-order valence-corrected chi connectivity index (χ3v) is 3.01. The Kier molecular flexibility index (Phi) is 5.53. The number of carbonyl (C=O) groups is 3. The van der Waals surface area contributed by atoms with Crippen LogP contribution in [0.5, 0.6) is 0 Å². The van der Waals surface area contributed by atoms with Gasteiger partial charge in [-0.1, -0.05) is 0 Å². The first kappa shape index (κ1) is 16.5. The maximum Gasteiger partial charge on any atom is 0.328 e. The van der Waals surface area contributed by atoms with Gasteiger partial charge in [0.2, 0.25) is 5.91 Å². The van der Waals surface area contributed by atoms with E-state index in [0.717, 1.165) is 6.42 Å². The highest BCUT2D eigenvalue weighted by Gasteiger charge is 2.34. The summed E-state index contributed by atoms with van der Waals surface area (Å²) in [5.74, 6) is -1.00. The number of methoxy groups -OCH3 is 1. The summed E-state index contributed by atoms with van der Waals surface area (Å²) in [6.07, 6.45) is 1.48. The second-order valence-electron chi connectivity index (χ2n) is 5.85. The van der Waals surface area contributed by atoms with Crippen molar-refractivity contribution < 1.29 is 23.9 Å². The fraction of sp³-hybridized carbons (Fsp3) is 0.786. The molecule has 114 valence electrons. The van der Waals surface area contributed by atoms with Gasteiger partial charge in [0.15, 0.2) is 0 Å². The molecule has 0 aromatic carbocycles. The number of amides is 1. The minimum absolute atomic E-state index is 0.0283. The number of hydrogen-bond donors (Lipinski definition) is 0. The van der Waals surface area contributed by atoms with E-state index >= 15 is 0 Å². The zero-order valence-corrected chi connectivity index (χ0v) is 12.6. The molecule has 0 aliphatic carbocycles. The van der Waals surface area contributed by atoms with Crippen LogP contribution in [0.25, 0.3) is 0 Å². The van der Waals surface area contributed by atoms with E-state index in [1.807, 2.05) is 0 Å². The van der Waals surface area contributed by atoms with Gasteiger partial charge < -0.3 is 14.4 Å². The lowest BCUT2D eigenvalue weighted by atomic mass is 10.2. The van der Waals surface area contributed by atoms with Crippen LogP contribution in [0.3, 0.4) is 0 Å². The number of esters is 2. The summed E-state index contributed by atoms with van der Waals surface area (Å²) in [6, 6.07) is -0.508. The molecule has 1 atom stereocenters. The molecule has 0 bridgehead atoms. The van der Waals surface area contributed by atoms with Crippen LogP contribution in [-0.2, 0) is 23.9 Å². The van der Waals surface area contributed by atoms with Gasteiger partial charge in [-0.3, -0.25) is 9.59 Å². The molecule has 1 aliphatic rings. The van der Waals surface area contributed by atoms with Gasteiger partial charge in [-0.2, -0.15) is 0 Å². The van der Waals surface area contributed by atoms with Crippen molar-refractivity contribution >= 4 is 17.8 Å². The van der Waals surface area contributed by atoms with E-state index in [1.165, 1.54) is 12.0 Å². The number of likely N-dealkylation sites (tertiary alicyclic amines) is 1. The van der Waals surface area contributed by atoms with Crippen LogP contribution < -0.4 is 0 Å². The molecule has 0 aromatic rings. The molecule has 6 heteroatoms. The molecule has 0 saturated carbocycles. The van der Waals surface area contributed by atoms with Crippen molar-refractivity contribution in [2.24, 2.45) is 0 Å². The quantitative estimate of drug-likeness (QED) is 0.727. The van der Waals surface area contributed by atoms with E-state index in [-0.39, 0.29) is 18.7 Å². The lowest BCUT2D eigenvalue weighted by Crippen LogP contribution is -2.41. The van der Waals surface area contributed by atoms with E-state index in [2.05, 4.69) is 4.74 Å². The Bertz CT molecular complexity index is 386. The molecular formula is C14H23NO5. The topological polar surface area (TPSA) is 72.9 Å². The van der Waals surface area contributed by atoms with Crippen LogP contribution in [0.1, 0.15) is 46.5 Å². The SMILES string of the molecule is COC(=O)[C@@H]1CCCN1C(=O)CCC(=O)OC(C)(C)C. The van der Waals surface area contributed by atoms with E-state index in [1.54, 1.807) is 20.8 Å². The third-order valence-electron chi connectivity index (χ3n) is 3.01. The van der Waals surface area contributed by atoms with E-state index in [4.69, 9.17) is 4.74 Å². The van der Waals surface area contributed by atoms with Crippen molar-refractivity contribution in [3.05, 3.63) is 0 Å². The Morgan fingerprint density at radius 2 is 1.85 bits per heavy atom. The predicted molar refractivity (Wildman–Crippen MR) is 71.8 cm³/mol. The van der Waals surface area contributed by atoms with E-state index < -0.39 is 23.6 Å². The molecule has 20 heavy (non-hydrogen) atoms. The molecule has 0 radical (unpaired) electrons. The van der Waals surface area contributed by atoms with Crippen LogP contribution in [0, 0.1) is 0 Å². The average molecular weight is 285 g/mol. The summed E-state index contributed by atoms with van der Waals surface area (Å²) in [7, 11) is 1.31. The summed E-state index contributed by atoms with van der Waals surface area (Å²) in [6.45, 7) is 5.87. The molecule has 1 fully saturated rings. The monoisotopic (exact) mass is 285 g/mol. The van der Waals surface area contributed by atoms with Crippen LogP contribution in [0.4, 0.5) is 0 Å². The average Bonchev–Trinajstić information content (AvgIpc) is 2.82. The largest absolute Gasteiger partial charge is 0.467 e. The Balaban J connectivity index is 2.46. The van der Waals surface area contributed by atoms with Gasteiger partial charge in [0.25, 0.3) is 0 Å². The molecule has 6 nitrogen and oxygen atoms in total. The minimum atomic E-state index is -0.553. The summed E-state index contributed by atoms with van der Waals surface area (Å²) >= 11 is 0. The summed E-state index contributed by atoms with van der Waals surface area (Å²) < 4.78 is 9.83. The molecular weight excluding hydrogens is 262 g/mol. The van der Waals surface area contributed by atoms with Crippen LogP contribution in [0.2, 0.25) is 0 Å². The van der Waals surface area contributed by atoms with Crippen molar-refractivity contribution in [1.29, 1.82) is 0 Å². The summed E-state index contributed by atoms with van der Waals surface area (Å²) in [5.41, 5.74) is -0.553. The van der Waals surface area contributed by atoms with E-state index in [0.29, 0.717) is 13.0 Å². The molecule has 0 spiro atoms. The fourth-order valence-electron chi connectivity index (χ4n) is 2.19. The molecule has 1 aliphatic heterocycles. The Morgan fingerprint density at radius 1 is 1.20 bits per heavy atom. The molecule has 0 aromatic heterocycles. The molecule has 1 amide bonds. The standard InChI is InChI=1S/C14H23NO5/c1-14(2,3)20-12(17)8-7-11(16)15-9-5-6-10(15)13(18)19-4/h10H,5-9H2,1-4H3/t10-/m0/s1. The maximum absolute atomic E-state index is 12.1. The molecule has 1 rings (SSSR count). The highest BCUT2D eigenvalue weighted by atomic mass is 16.6. The van der Waals surface area contributed by atoms with Gasteiger partial charge >= 0.3 is 11.9 Å². The number of nitrogens with zero attached hydrogens (tertiary/aromatic N) is 1. The Morgan fingerprint density at radius 3 is 2.40 bits per heavy atom. The number of carbonyl (C=O) groups excluding carboxylic acids is 3. The number of rotatable bonds is 4. The van der Waals surface area contributed by atoms with Crippen molar-refractivity contribution in [2.75, 3.05) is 13.7 Å². The second-order valence-corrected chi connectivity index (χ2v) is 5.85. The first-order valence-electron chi connectivity index (χ1n) is 6.84. The predicted octanol–water partition coefficient (Wildman–Crippen LogP) is 1.27. The van der Waals surface area contributed by atoms with Crippen molar-refractivity contribution in [1.82, 2.24) is 4.90 Å². The zero-order chi connectivity index (χ0) is 15.3. The molecule has 0 N–H and O–H groups in total. The maximum atomic E-state index is 12.1. The van der Waals surface area contributed by atoms with Crippen molar-refractivity contribution in [3.8, 4) is 0 Å². The summed E-state index contributed by atoms with van der Waals surface area (Å²) in [4.78, 5) is 36.7. The Labute approximate surface area is 119 Å². The van der Waals surface area contributed by atoms with Crippen molar-refractivity contribution in [3.63, 3.8) is 0 Å². The summed E-state index contributed by atoms with van der Waals surface area (Å²) in [5, 5.41) is 0. The van der Waals surface area contributed by atoms with Gasteiger partial charge in [0.1, 0.15) is 11.6 Å². The van der Waals surface area contributed by atoms with Gasteiger partial charge in [-0.15, -0.1) is 0 Å². The lowest BCUT2D eigenvalue weighted by molar-refractivity contribution is -0.157. The van der Waals surface area contributed by atoms with Crippen molar-refractivity contribution in [2.45, 2.75) is 58.1 Å². The van der Waals surface area contributed by atoms with Crippen LogP contribution >= 0.6 is 0 Å². The van der Waals surface area contributed by atoms with E-state index in [9.17, 15) is 14.4 Å². The fourth-order valence-corrected chi connectivity index (χ4v) is 2.19. The highest BCUT2D eigenvalue weighted by molar-refractivity contribution is 5.87. The zero-order valence-electron chi connectivity index (χ0n) is 12.6. The Hall–Kier alpha value is -1.59. The first-order valence-corrected chi connectivity index (χ1v) is 6.84. The number of ether oxygens (including phenoxy) is 2. The second kappa shape index (κ2) is 6.72. The number of hydrogen-bond acceptors (Lipinski definition) is 5. The normalized spacial score (nSPS) is 18.8. The van der Waals surface area contributed by atoms with Gasteiger partial charge in [-0.05, 0) is 33.6 Å². The minimum Gasteiger partial charge on any atom is -0.467 e. The van der Waals surface area contributed by atoms with Gasteiger partial charge in [-0.25, -0.2) is 4.79 Å². The van der Waals surface area contributed by atoms with Gasteiger partial charge in [0, 0.05) is 13.0 Å². The smallest absolute Gasteiger partial charge is 0.328 e. The van der Waals surface area contributed by atoms with Gasteiger partial charge in [0.05, 0.1) is 13.5 Å². The highest BCUT2D eigenvalue weighted by Crippen LogP contribution is 2.20. The molecule has 0 unspecified atom stereocenters. The first-order chi connectivity index (χ1) is 9.24. The lowest BCUT2D eigenvalue weighted by Gasteiger charge is -2.23. The van der Waals surface area contributed by atoms with Crippen LogP contribution in [0.15, 0.2) is 0 Å². The third kappa shape index (κ3) is 4.83.